The summed E-state index contributed by atoms with van der Waals surface area (Å²) in [6, 6.07) is 8.70. The van der Waals surface area contributed by atoms with E-state index in [0.29, 0.717) is 11.3 Å². The Labute approximate surface area is 100 Å². The van der Waals surface area contributed by atoms with Crippen molar-refractivity contribution in [2.45, 2.75) is 41.0 Å². The summed E-state index contributed by atoms with van der Waals surface area (Å²) in [5.41, 5.74) is 3.20. The quantitative estimate of drug-likeness (QED) is 0.671. The molecule has 0 nitrogen and oxygen atoms in total. The third-order valence-corrected chi connectivity index (χ3v) is 3.41. The van der Waals surface area contributed by atoms with E-state index in [9.17, 15) is 0 Å². The summed E-state index contributed by atoms with van der Waals surface area (Å²) in [6.45, 7) is 11.4. The molecule has 1 aromatic rings. The first kappa shape index (κ1) is 13.0. The van der Waals surface area contributed by atoms with E-state index in [-0.39, 0.29) is 0 Å². The monoisotopic (exact) mass is 216 g/mol. The lowest BCUT2D eigenvalue weighted by Crippen LogP contribution is -2.19. The Morgan fingerprint density at radius 3 is 2.38 bits per heavy atom. The summed E-state index contributed by atoms with van der Waals surface area (Å²) in [7, 11) is 0. The molecular formula is C16H24. The Kier molecular flexibility index (Phi) is 4.35. The lowest BCUT2D eigenvalue weighted by Gasteiger charge is -2.27. The first-order chi connectivity index (χ1) is 7.45. The highest BCUT2D eigenvalue weighted by Gasteiger charge is 2.20. The molecule has 1 atom stereocenters. The van der Waals surface area contributed by atoms with Crippen LogP contribution in [0.15, 0.2) is 30.3 Å². The van der Waals surface area contributed by atoms with Crippen LogP contribution in [0, 0.1) is 11.3 Å². The third kappa shape index (κ3) is 3.52. The Hall–Kier alpha value is -1.04. The van der Waals surface area contributed by atoms with Gasteiger partial charge in [0.25, 0.3) is 0 Å². The standard InChI is InChI=1S/C16H24/c1-6-9-14-10-7-8-11-15(14)12-13(2)16(3,4)5/h6-11,13H,12H2,1-5H3/b9-6-. The maximum Gasteiger partial charge on any atom is -0.0228 e. The van der Waals surface area contributed by atoms with E-state index in [1.54, 1.807) is 0 Å². The Morgan fingerprint density at radius 1 is 1.19 bits per heavy atom. The van der Waals surface area contributed by atoms with Gasteiger partial charge < -0.3 is 0 Å². The smallest absolute Gasteiger partial charge is 0.0228 e. The number of hydrogen-bond donors (Lipinski definition) is 0. The Morgan fingerprint density at radius 2 is 1.81 bits per heavy atom. The largest absolute Gasteiger partial charge is 0.0871 e. The highest BCUT2D eigenvalue weighted by Crippen LogP contribution is 2.29. The van der Waals surface area contributed by atoms with E-state index in [1.165, 1.54) is 11.1 Å². The SMILES string of the molecule is C/C=C\c1ccccc1CC(C)C(C)(C)C. The number of allylic oxidation sites excluding steroid dienone is 1. The summed E-state index contributed by atoms with van der Waals surface area (Å²) in [6.07, 6.45) is 5.47. The summed E-state index contributed by atoms with van der Waals surface area (Å²) in [4.78, 5) is 0. The van der Waals surface area contributed by atoms with E-state index in [0.717, 1.165) is 6.42 Å². The predicted octanol–water partition coefficient (Wildman–Crippen LogP) is 4.94. The first-order valence-electron chi connectivity index (χ1n) is 6.15. The normalized spacial score (nSPS) is 14.3. The van der Waals surface area contributed by atoms with Crippen molar-refractivity contribution in [2.75, 3.05) is 0 Å². The minimum atomic E-state index is 0.378. The van der Waals surface area contributed by atoms with Crippen molar-refractivity contribution < 1.29 is 0 Å². The van der Waals surface area contributed by atoms with Gasteiger partial charge in [-0.25, -0.2) is 0 Å². The molecule has 0 amide bonds. The van der Waals surface area contributed by atoms with Gasteiger partial charge in [-0.05, 0) is 35.8 Å². The first-order valence-corrected chi connectivity index (χ1v) is 6.15. The molecule has 0 aliphatic carbocycles. The molecule has 0 bridgehead atoms. The molecule has 1 rings (SSSR count). The molecule has 88 valence electrons. The predicted molar refractivity (Wildman–Crippen MR) is 73.5 cm³/mol. The lowest BCUT2D eigenvalue weighted by atomic mass is 9.78. The lowest BCUT2D eigenvalue weighted by molar-refractivity contribution is 0.260. The molecule has 1 unspecified atom stereocenters. The summed E-state index contributed by atoms with van der Waals surface area (Å²) in [5, 5.41) is 0. The molecular weight excluding hydrogens is 192 g/mol. The van der Waals surface area contributed by atoms with E-state index in [1.807, 2.05) is 0 Å². The van der Waals surface area contributed by atoms with Crippen LogP contribution in [-0.4, -0.2) is 0 Å². The van der Waals surface area contributed by atoms with Gasteiger partial charge in [-0.3, -0.25) is 0 Å². The fourth-order valence-electron chi connectivity index (χ4n) is 1.70. The van der Waals surface area contributed by atoms with Crippen molar-refractivity contribution in [2.24, 2.45) is 11.3 Å². The van der Waals surface area contributed by atoms with Crippen LogP contribution in [0.4, 0.5) is 0 Å². The van der Waals surface area contributed by atoms with E-state index in [2.05, 4.69) is 71.0 Å². The van der Waals surface area contributed by atoms with Gasteiger partial charge in [0.05, 0.1) is 0 Å². The Bertz CT molecular complexity index is 353. The minimum Gasteiger partial charge on any atom is -0.0871 e. The average molecular weight is 216 g/mol. The van der Waals surface area contributed by atoms with Crippen LogP contribution >= 0.6 is 0 Å². The van der Waals surface area contributed by atoms with Crippen molar-refractivity contribution in [3.63, 3.8) is 0 Å². The van der Waals surface area contributed by atoms with E-state index >= 15 is 0 Å². The number of hydrogen-bond acceptors (Lipinski definition) is 0. The van der Waals surface area contributed by atoms with Crippen molar-refractivity contribution in [1.29, 1.82) is 0 Å². The molecule has 0 heterocycles. The fourth-order valence-corrected chi connectivity index (χ4v) is 1.70. The highest BCUT2D eigenvalue weighted by atomic mass is 14.3. The number of rotatable bonds is 3. The van der Waals surface area contributed by atoms with E-state index < -0.39 is 0 Å². The van der Waals surface area contributed by atoms with Crippen LogP contribution < -0.4 is 0 Å². The second-order valence-corrected chi connectivity index (χ2v) is 5.67. The van der Waals surface area contributed by atoms with Gasteiger partial charge in [0.15, 0.2) is 0 Å². The third-order valence-electron chi connectivity index (χ3n) is 3.41. The second kappa shape index (κ2) is 5.34. The molecule has 1 aromatic carbocycles. The summed E-state index contributed by atoms with van der Waals surface area (Å²) < 4.78 is 0. The fraction of sp³-hybridized carbons (Fsp3) is 0.500. The van der Waals surface area contributed by atoms with Gasteiger partial charge in [0.1, 0.15) is 0 Å². The topological polar surface area (TPSA) is 0 Å². The minimum absolute atomic E-state index is 0.378. The maximum atomic E-state index is 2.34. The van der Waals surface area contributed by atoms with Crippen molar-refractivity contribution in [3.8, 4) is 0 Å². The van der Waals surface area contributed by atoms with Crippen LogP contribution in [0.5, 0.6) is 0 Å². The second-order valence-electron chi connectivity index (χ2n) is 5.67. The van der Waals surface area contributed by atoms with Gasteiger partial charge >= 0.3 is 0 Å². The van der Waals surface area contributed by atoms with Crippen LogP contribution in [0.3, 0.4) is 0 Å². The molecule has 0 N–H and O–H groups in total. The summed E-state index contributed by atoms with van der Waals surface area (Å²) >= 11 is 0. The van der Waals surface area contributed by atoms with E-state index in [4.69, 9.17) is 0 Å². The van der Waals surface area contributed by atoms with Gasteiger partial charge in [-0.1, -0.05) is 64.1 Å². The van der Waals surface area contributed by atoms with Gasteiger partial charge in [-0.15, -0.1) is 0 Å². The van der Waals surface area contributed by atoms with Gasteiger partial charge in [0.2, 0.25) is 0 Å². The zero-order valence-electron chi connectivity index (χ0n) is 11.2. The van der Waals surface area contributed by atoms with Gasteiger partial charge in [0, 0.05) is 0 Å². The van der Waals surface area contributed by atoms with Crippen molar-refractivity contribution >= 4 is 6.08 Å². The summed E-state index contributed by atoms with van der Waals surface area (Å²) in [5.74, 6) is 0.693. The zero-order chi connectivity index (χ0) is 12.2. The molecule has 0 aliphatic rings. The molecule has 16 heavy (non-hydrogen) atoms. The van der Waals surface area contributed by atoms with Crippen molar-refractivity contribution in [1.82, 2.24) is 0 Å². The zero-order valence-corrected chi connectivity index (χ0v) is 11.2. The molecule has 0 aliphatic heterocycles. The molecule has 0 radical (unpaired) electrons. The highest BCUT2D eigenvalue weighted by molar-refractivity contribution is 5.53. The maximum absolute atomic E-state index is 2.34. The van der Waals surface area contributed by atoms with Gasteiger partial charge in [-0.2, -0.15) is 0 Å². The molecule has 0 fully saturated rings. The molecule has 0 saturated carbocycles. The van der Waals surface area contributed by atoms with Crippen LogP contribution in [0.25, 0.3) is 6.08 Å². The Balaban J connectivity index is 2.88. The van der Waals surface area contributed by atoms with Crippen LogP contribution in [-0.2, 0) is 6.42 Å². The van der Waals surface area contributed by atoms with Crippen LogP contribution in [0.1, 0.15) is 45.7 Å². The van der Waals surface area contributed by atoms with Crippen molar-refractivity contribution in [3.05, 3.63) is 41.5 Å². The molecule has 0 aromatic heterocycles. The molecule has 0 spiro atoms. The molecule has 0 saturated heterocycles. The van der Waals surface area contributed by atoms with Crippen LogP contribution in [0.2, 0.25) is 0 Å². The average Bonchev–Trinajstić information content (AvgIpc) is 2.20. The number of benzene rings is 1. The molecule has 0 heteroatoms.